The SMILES string of the molecule is CC1=CC(C(=O)O)(C2=NC(C)(C(C)C)C(=O)N2)NC=C1. The van der Waals surface area contributed by atoms with Crippen molar-refractivity contribution in [1.82, 2.24) is 10.6 Å². The van der Waals surface area contributed by atoms with Crippen LogP contribution in [0, 0.1) is 5.92 Å². The fourth-order valence-electron chi connectivity index (χ4n) is 2.22. The van der Waals surface area contributed by atoms with Crippen LogP contribution in [-0.4, -0.2) is 33.9 Å². The number of aliphatic imine (C=N–C) groups is 1. The topological polar surface area (TPSA) is 90.8 Å². The van der Waals surface area contributed by atoms with Gasteiger partial charge in [-0.05, 0) is 38.1 Å². The largest absolute Gasteiger partial charge is 0.479 e. The van der Waals surface area contributed by atoms with E-state index in [-0.39, 0.29) is 17.7 Å². The lowest BCUT2D eigenvalue weighted by Gasteiger charge is -2.29. The highest BCUT2D eigenvalue weighted by atomic mass is 16.4. The van der Waals surface area contributed by atoms with Crippen molar-refractivity contribution >= 4 is 17.7 Å². The first-order chi connectivity index (χ1) is 9.22. The lowest BCUT2D eigenvalue weighted by atomic mass is 9.89. The van der Waals surface area contributed by atoms with Crippen molar-refractivity contribution in [3.05, 3.63) is 23.9 Å². The molecule has 20 heavy (non-hydrogen) atoms. The van der Waals surface area contributed by atoms with Crippen molar-refractivity contribution in [2.24, 2.45) is 10.9 Å². The van der Waals surface area contributed by atoms with Gasteiger partial charge in [-0.1, -0.05) is 19.4 Å². The van der Waals surface area contributed by atoms with Gasteiger partial charge in [0.15, 0.2) is 0 Å². The average molecular weight is 277 g/mol. The minimum absolute atomic E-state index is 0.0324. The second kappa shape index (κ2) is 4.47. The number of carboxylic acids is 1. The number of carboxylic acid groups (broad SMARTS) is 1. The third-order valence-corrected chi connectivity index (χ3v) is 3.97. The number of dihydropyridines is 1. The summed E-state index contributed by atoms with van der Waals surface area (Å²) in [5, 5.41) is 15.0. The lowest BCUT2D eigenvalue weighted by molar-refractivity contribution is -0.139. The molecule has 2 unspecified atom stereocenters. The Morgan fingerprint density at radius 2 is 2.10 bits per heavy atom. The van der Waals surface area contributed by atoms with Gasteiger partial charge >= 0.3 is 5.97 Å². The molecule has 0 bridgehead atoms. The summed E-state index contributed by atoms with van der Waals surface area (Å²) < 4.78 is 0. The summed E-state index contributed by atoms with van der Waals surface area (Å²) in [7, 11) is 0. The number of rotatable bonds is 3. The summed E-state index contributed by atoms with van der Waals surface area (Å²) in [6.45, 7) is 7.28. The van der Waals surface area contributed by atoms with Gasteiger partial charge in [-0.15, -0.1) is 0 Å². The molecule has 0 saturated carbocycles. The van der Waals surface area contributed by atoms with Gasteiger partial charge in [0, 0.05) is 0 Å². The highest BCUT2D eigenvalue weighted by molar-refractivity contribution is 6.21. The quantitative estimate of drug-likeness (QED) is 0.712. The number of amidine groups is 1. The minimum atomic E-state index is -1.51. The molecule has 2 atom stereocenters. The molecule has 0 aliphatic carbocycles. The van der Waals surface area contributed by atoms with E-state index in [0.29, 0.717) is 0 Å². The molecule has 6 nitrogen and oxygen atoms in total. The lowest BCUT2D eigenvalue weighted by Crippen LogP contribution is -2.59. The predicted octanol–water partition coefficient (Wildman–Crippen LogP) is 0.816. The second-order valence-corrected chi connectivity index (χ2v) is 5.70. The molecule has 0 radical (unpaired) electrons. The Morgan fingerprint density at radius 1 is 1.45 bits per heavy atom. The zero-order chi connectivity index (χ0) is 15.1. The van der Waals surface area contributed by atoms with E-state index in [0.717, 1.165) is 5.57 Å². The van der Waals surface area contributed by atoms with Crippen LogP contribution in [0.5, 0.6) is 0 Å². The van der Waals surface area contributed by atoms with E-state index in [2.05, 4.69) is 15.6 Å². The molecule has 0 saturated heterocycles. The summed E-state index contributed by atoms with van der Waals surface area (Å²) in [4.78, 5) is 28.3. The van der Waals surface area contributed by atoms with Crippen LogP contribution in [0.15, 0.2) is 28.9 Å². The summed E-state index contributed by atoms with van der Waals surface area (Å²) >= 11 is 0. The average Bonchev–Trinajstić information content (AvgIpc) is 2.67. The van der Waals surface area contributed by atoms with Crippen molar-refractivity contribution in [3.8, 4) is 0 Å². The number of hydrogen-bond donors (Lipinski definition) is 3. The Bertz CT molecular complexity index is 562. The Morgan fingerprint density at radius 3 is 2.55 bits per heavy atom. The van der Waals surface area contributed by atoms with E-state index >= 15 is 0 Å². The third-order valence-electron chi connectivity index (χ3n) is 3.97. The molecular weight excluding hydrogens is 258 g/mol. The number of allylic oxidation sites excluding steroid dienone is 2. The molecule has 2 heterocycles. The normalized spacial score (nSPS) is 32.5. The fourth-order valence-corrected chi connectivity index (χ4v) is 2.22. The molecular formula is C14H19N3O3. The number of nitrogens with one attached hydrogen (secondary N) is 2. The maximum absolute atomic E-state index is 12.2. The van der Waals surface area contributed by atoms with E-state index in [1.807, 2.05) is 13.8 Å². The Kier molecular flexibility index (Phi) is 3.20. The molecule has 108 valence electrons. The van der Waals surface area contributed by atoms with Gasteiger partial charge in [0.2, 0.25) is 5.54 Å². The third kappa shape index (κ3) is 1.92. The van der Waals surface area contributed by atoms with Gasteiger partial charge in [-0.2, -0.15) is 0 Å². The van der Waals surface area contributed by atoms with Gasteiger partial charge in [0.25, 0.3) is 5.91 Å². The number of carbonyl (C=O) groups is 2. The zero-order valence-electron chi connectivity index (χ0n) is 12.0. The molecule has 6 heteroatoms. The zero-order valence-corrected chi connectivity index (χ0v) is 12.0. The van der Waals surface area contributed by atoms with Crippen molar-refractivity contribution in [2.45, 2.75) is 38.8 Å². The molecule has 3 N–H and O–H groups in total. The molecule has 0 fully saturated rings. The highest BCUT2D eigenvalue weighted by Gasteiger charge is 2.51. The van der Waals surface area contributed by atoms with Gasteiger partial charge in [0.05, 0.1) is 0 Å². The van der Waals surface area contributed by atoms with E-state index < -0.39 is 17.0 Å². The van der Waals surface area contributed by atoms with Crippen molar-refractivity contribution in [1.29, 1.82) is 0 Å². The van der Waals surface area contributed by atoms with Crippen LogP contribution in [0.25, 0.3) is 0 Å². The second-order valence-electron chi connectivity index (χ2n) is 5.70. The standard InChI is InChI=1S/C14H19N3O3/c1-8(2)13(4)11(18)16-10(17-13)14(12(19)20)7-9(3)5-6-15-14/h5-8,15H,1-4H3,(H,19,20)(H,16,17,18). The predicted molar refractivity (Wildman–Crippen MR) is 75.2 cm³/mol. The smallest absolute Gasteiger partial charge is 0.341 e. The summed E-state index contributed by atoms with van der Waals surface area (Å²) in [5.41, 5.74) is -1.66. The summed E-state index contributed by atoms with van der Waals surface area (Å²) in [6, 6.07) is 0. The van der Waals surface area contributed by atoms with Crippen LogP contribution in [0.3, 0.4) is 0 Å². The van der Waals surface area contributed by atoms with E-state index in [1.54, 1.807) is 32.2 Å². The summed E-state index contributed by atoms with van der Waals surface area (Å²) in [5.74, 6) is -1.27. The van der Waals surface area contributed by atoms with E-state index in [9.17, 15) is 14.7 Å². The van der Waals surface area contributed by atoms with Gasteiger partial charge in [-0.25, -0.2) is 4.79 Å². The minimum Gasteiger partial charge on any atom is -0.479 e. The molecule has 0 aromatic carbocycles. The maximum Gasteiger partial charge on any atom is 0.341 e. The Hall–Kier alpha value is -2.11. The molecule has 2 aliphatic rings. The maximum atomic E-state index is 12.2. The van der Waals surface area contributed by atoms with E-state index in [4.69, 9.17) is 0 Å². The van der Waals surface area contributed by atoms with Crippen LogP contribution in [0.1, 0.15) is 27.7 Å². The first-order valence-electron chi connectivity index (χ1n) is 6.51. The van der Waals surface area contributed by atoms with E-state index in [1.165, 1.54) is 0 Å². The number of nitrogens with zero attached hydrogens (tertiary/aromatic N) is 1. The summed E-state index contributed by atoms with van der Waals surface area (Å²) in [6.07, 6.45) is 4.88. The van der Waals surface area contributed by atoms with Crippen LogP contribution < -0.4 is 10.6 Å². The monoisotopic (exact) mass is 277 g/mol. The van der Waals surface area contributed by atoms with Crippen molar-refractivity contribution in [3.63, 3.8) is 0 Å². The van der Waals surface area contributed by atoms with Gasteiger partial charge in [0.1, 0.15) is 11.4 Å². The molecule has 2 rings (SSSR count). The van der Waals surface area contributed by atoms with Crippen LogP contribution >= 0.6 is 0 Å². The molecule has 1 amide bonds. The van der Waals surface area contributed by atoms with Crippen LogP contribution in [0.4, 0.5) is 0 Å². The molecule has 0 aromatic rings. The van der Waals surface area contributed by atoms with Crippen molar-refractivity contribution in [2.75, 3.05) is 0 Å². The Balaban J connectivity index is 2.51. The van der Waals surface area contributed by atoms with Crippen LogP contribution in [-0.2, 0) is 9.59 Å². The van der Waals surface area contributed by atoms with Crippen molar-refractivity contribution < 1.29 is 14.7 Å². The number of hydrogen-bond acceptors (Lipinski definition) is 4. The molecule has 2 aliphatic heterocycles. The van der Waals surface area contributed by atoms with Gasteiger partial charge < -0.3 is 15.7 Å². The Labute approximate surface area is 117 Å². The first-order valence-corrected chi connectivity index (χ1v) is 6.51. The number of aliphatic carboxylic acids is 1. The fraction of sp³-hybridized carbons (Fsp3) is 0.500. The van der Waals surface area contributed by atoms with Gasteiger partial charge in [-0.3, -0.25) is 9.79 Å². The highest BCUT2D eigenvalue weighted by Crippen LogP contribution is 2.29. The first kappa shape index (κ1) is 14.3. The number of carbonyl (C=O) groups excluding carboxylic acids is 1. The number of amides is 1. The molecule has 0 spiro atoms. The molecule has 0 aromatic heterocycles. The van der Waals surface area contributed by atoms with Crippen LogP contribution in [0.2, 0.25) is 0 Å².